The van der Waals surface area contributed by atoms with Crippen molar-refractivity contribution in [3.63, 3.8) is 0 Å². The van der Waals surface area contributed by atoms with Gasteiger partial charge >= 0.3 is 0 Å². The minimum atomic E-state index is -3.28. The summed E-state index contributed by atoms with van der Waals surface area (Å²) in [7, 11) is -3.28. The van der Waals surface area contributed by atoms with Crippen molar-refractivity contribution in [2.24, 2.45) is 5.73 Å². The molecule has 5 nitrogen and oxygen atoms in total. The van der Waals surface area contributed by atoms with E-state index in [9.17, 15) is 8.42 Å². The molecule has 0 spiro atoms. The Morgan fingerprint density at radius 2 is 2.05 bits per heavy atom. The highest BCUT2D eigenvalue weighted by molar-refractivity contribution is 7.91. The molecule has 1 heterocycles. The molecule has 1 aromatic rings. The number of rotatable bonds is 4. The summed E-state index contributed by atoms with van der Waals surface area (Å²) in [4.78, 5) is 2.35. The van der Waals surface area contributed by atoms with Gasteiger partial charge in [0.05, 0.1) is 22.3 Å². The van der Waals surface area contributed by atoms with Crippen molar-refractivity contribution >= 4 is 9.84 Å². The lowest BCUT2D eigenvalue weighted by molar-refractivity contribution is 0.354. The molecule has 0 radical (unpaired) electrons. The molecule has 1 unspecified atom stereocenters. The van der Waals surface area contributed by atoms with E-state index >= 15 is 0 Å². The third-order valence-corrected chi connectivity index (χ3v) is 5.04. The molecule has 19 heavy (non-hydrogen) atoms. The molecule has 0 aromatic heterocycles. The Labute approximate surface area is 113 Å². The summed E-state index contributed by atoms with van der Waals surface area (Å²) in [6.07, 6.45) is 0.927. The van der Waals surface area contributed by atoms with Crippen molar-refractivity contribution < 1.29 is 8.42 Å². The molecular formula is C13H17N3O2S. The second-order valence-corrected chi connectivity index (χ2v) is 6.91. The zero-order valence-corrected chi connectivity index (χ0v) is 11.4. The molecule has 0 bridgehead atoms. The van der Waals surface area contributed by atoms with Crippen LogP contribution in [0.25, 0.3) is 0 Å². The normalized spacial score (nSPS) is 20.3. The molecule has 1 atom stereocenters. The summed E-state index contributed by atoms with van der Waals surface area (Å²) in [6, 6.07) is 8.17. The maximum absolute atomic E-state index is 12.1. The van der Waals surface area contributed by atoms with Crippen molar-refractivity contribution in [2.75, 3.05) is 25.4 Å². The molecule has 1 aliphatic heterocycles. The van der Waals surface area contributed by atoms with E-state index in [0.717, 1.165) is 19.5 Å². The molecular weight excluding hydrogens is 262 g/mol. The minimum absolute atomic E-state index is 0.0889. The summed E-state index contributed by atoms with van der Waals surface area (Å²) >= 11 is 0. The van der Waals surface area contributed by atoms with E-state index in [1.54, 1.807) is 0 Å². The number of likely N-dealkylation sites (tertiary alicyclic amines) is 1. The molecule has 2 rings (SSSR count). The summed E-state index contributed by atoms with van der Waals surface area (Å²) in [5.41, 5.74) is 6.25. The number of nitrogens with two attached hydrogens (primary N) is 1. The zero-order valence-electron chi connectivity index (χ0n) is 10.6. The molecule has 102 valence electrons. The molecule has 1 aliphatic rings. The van der Waals surface area contributed by atoms with Gasteiger partial charge in [-0.1, -0.05) is 0 Å². The van der Waals surface area contributed by atoms with Crippen LogP contribution < -0.4 is 5.73 Å². The van der Waals surface area contributed by atoms with E-state index in [0.29, 0.717) is 12.1 Å². The highest BCUT2D eigenvalue weighted by Gasteiger charge is 2.22. The van der Waals surface area contributed by atoms with Gasteiger partial charge in [-0.15, -0.1) is 0 Å². The third-order valence-electron chi connectivity index (χ3n) is 3.33. The molecule has 6 heteroatoms. The molecule has 2 N–H and O–H groups in total. The van der Waals surface area contributed by atoms with Gasteiger partial charge in [0, 0.05) is 19.1 Å². The van der Waals surface area contributed by atoms with Crippen molar-refractivity contribution in [3.8, 4) is 6.07 Å². The van der Waals surface area contributed by atoms with Gasteiger partial charge in [-0.3, -0.25) is 0 Å². The fraction of sp³-hybridized carbons (Fsp3) is 0.462. The van der Waals surface area contributed by atoms with Gasteiger partial charge in [-0.25, -0.2) is 8.42 Å². The van der Waals surface area contributed by atoms with Crippen LogP contribution in [0.1, 0.15) is 12.0 Å². The summed E-state index contributed by atoms with van der Waals surface area (Å²) in [5, 5.41) is 8.69. The van der Waals surface area contributed by atoms with Crippen molar-refractivity contribution in [1.29, 1.82) is 5.26 Å². The van der Waals surface area contributed by atoms with E-state index in [1.807, 2.05) is 6.07 Å². The van der Waals surface area contributed by atoms with Crippen molar-refractivity contribution in [3.05, 3.63) is 29.8 Å². The zero-order chi connectivity index (χ0) is 13.9. The summed E-state index contributed by atoms with van der Waals surface area (Å²) in [5.74, 6) is 0.0889. The number of hydrogen-bond donors (Lipinski definition) is 1. The number of nitriles is 1. The van der Waals surface area contributed by atoms with Crippen LogP contribution in [0, 0.1) is 11.3 Å². The van der Waals surface area contributed by atoms with E-state index < -0.39 is 9.84 Å². The van der Waals surface area contributed by atoms with Gasteiger partial charge in [-0.05, 0) is 37.2 Å². The molecule has 0 aliphatic carbocycles. The standard InChI is InChI=1S/C13H17N3O2S/c14-9-11-1-3-13(4-2-11)19(17,18)8-7-16-6-5-12(15)10-16/h1-4,12H,5-8,10,15H2. The fourth-order valence-electron chi connectivity index (χ4n) is 2.17. The second-order valence-electron chi connectivity index (χ2n) is 4.80. The first-order chi connectivity index (χ1) is 9.01. The third kappa shape index (κ3) is 3.53. The fourth-order valence-corrected chi connectivity index (χ4v) is 3.45. The molecule has 1 fully saturated rings. The summed E-state index contributed by atoms with van der Waals surface area (Å²) in [6.45, 7) is 2.14. The predicted molar refractivity (Wildman–Crippen MR) is 72.2 cm³/mol. The van der Waals surface area contributed by atoms with Gasteiger partial charge in [0.1, 0.15) is 0 Å². The topological polar surface area (TPSA) is 87.2 Å². The van der Waals surface area contributed by atoms with Crippen LogP contribution in [-0.4, -0.2) is 44.7 Å². The predicted octanol–water partition coefficient (Wildman–Crippen LogP) is 0.365. The van der Waals surface area contributed by atoms with Crippen LogP contribution in [0.3, 0.4) is 0 Å². The minimum Gasteiger partial charge on any atom is -0.326 e. The largest absolute Gasteiger partial charge is 0.326 e. The number of hydrogen-bond acceptors (Lipinski definition) is 5. The van der Waals surface area contributed by atoms with E-state index in [-0.39, 0.29) is 16.7 Å². The second kappa shape index (κ2) is 5.70. The highest BCUT2D eigenvalue weighted by Crippen LogP contribution is 2.14. The Bertz CT molecular complexity index is 575. The van der Waals surface area contributed by atoms with Crippen LogP contribution >= 0.6 is 0 Å². The Hall–Kier alpha value is -1.42. The van der Waals surface area contributed by atoms with E-state index in [2.05, 4.69) is 4.90 Å². The van der Waals surface area contributed by atoms with Crippen LogP contribution in [0.4, 0.5) is 0 Å². The maximum Gasteiger partial charge on any atom is 0.179 e. The average Bonchev–Trinajstić information content (AvgIpc) is 2.82. The van der Waals surface area contributed by atoms with Gasteiger partial charge in [0.15, 0.2) is 9.84 Å². The van der Waals surface area contributed by atoms with Crippen LogP contribution in [0.5, 0.6) is 0 Å². The number of nitrogens with zero attached hydrogens (tertiary/aromatic N) is 2. The number of benzene rings is 1. The average molecular weight is 279 g/mol. The Kier molecular flexibility index (Phi) is 4.20. The molecule has 0 amide bonds. The van der Waals surface area contributed by atoms with Gasteiger partial charge in [-0.2, -0.15) is 5.26 Å². The molecule has 0 saturated carbocycles. The van der Waals surface area contributed by atoms with Gasteiger partial charge in [0.2, 0.25) is 0 Å². The van der Waals surface area contributed by atoms with Crippen molar-refractivity contribution in [2.45, 2.75) is 17.4 Å². The van der Waals surface area contributed by atoms with Gasteiger partial charge < -0.3 is 10.6 Å². The summed E-state index contributed by atoms with van der Waals surface area (Å²) < 4.78 is 24.3. The monoisotopic (exact) mass is 279 g/mol. The lowest BCUT2D eigenvalue weighted by Crippen LogP contribution is -2.30. The Balaban J connectivity index is 1.99. The maximum atomic E-state index is 12.1. The quantitative estimate of drug-likeness (QED) is 0.860. The smallest absolute Gasteiger partial charge is 0.179 e. The van der Waals surface area contributed by atoms with Crippen LogP contribution in [0.2, 0.25) is 0 Å². The first kappa shape index (κ1) is 14.0. The van der Waals surface area contributed by atoms with Crippen molar-refractivity contribution in [1.82, 2.24) is 4.90 Å². The van der Waals surface area contributed by atoms with E-state index in [4.69, 9.17) is 11.0 Å². The van der Waals surface area contributed by atoms with E-state index in [1.165, 1.54) is 24.3 Å². The molecule has 1 saturated heterocycles. The lowest BCUT2D eigenvalue weighted by atomic mass is 10.2. The lowest BCUT2D eigenvalue weighted by Gasteiger charge is -2.14. The van der Waals surface area contributed by atoms with Crippen LogP contribution in [-0.2, 0) is 9.84 Å². The SMILES string of the molecule is N#Cc1ccc(S(=O)(=O)CCN2CCC(N)C2)cc1. The van der Waals surface area contributed by atoms with Gasteiger partial charge in [0.25, 0.3) is 0 Å². The number of sulfone groups is 1. The Morgan fingerprint density at radius 3 is 2.58 bits per heavy atom. The van der Waals surface area contributed by atoms with Crippen LogP contribution in [0.15, 0.2) is 29.2 Å². The Morgan fingerprint density at radius 1 is 1.37 bits per heavy atom. The first-order valence-electron chi connectivity index (χ1n) is 6.22. The molecule has 1 aromatic carbocycles. The first-order valence-corrected chi connectivity index (χ1v) is 7.87. The highest BCUT2D eigenvalue weighted by atomic mass is 32.2.